The van der Waals surface area contributed by atoms with E-state index in [2.05, 4.69) is 10.1 Å². The Labute approximate surface area is 121 Å². The van der Waals surface area contributed by atoms with Crippen molar-refractivity contribution in [2.45, 2.75) is 19.9 Å². The Hall–Kier alpha value is -2.69. The fraction of sp³-hybridized carbons (Fsp3) is 0.188. The summed E-state index contributed by atoms with van der Waals surface area (Å²) in [5.41, 5.74) is 2.14. The fourth-order valence-electron chi connectivity index (χ4n) is 2.32. The first-order chi connectivity index (χ1) is 10.1. The van der Waals surface area contributed by atoms with E-state index in [0.717, 1.165) is 5.56 Å². The number of carboxylic acid groups (broad SMARTS) is 1. The van der Waals surface area contributed by atoms with Crippen molar-refractivity contribution in [3.63, 3.8) is 0 Å². The van der Waals surface area contributed by atoms with Crippen LogP contribution in [0.15, 0.2) is 42.6 Å². The van der Waals surface area contributed by atoms with Gasteiger partial charge in [0.2, 0.25) is 0 Å². The van der Waals surface area contributed by atoms with E-state index in [-0.39, 0.29) is 11.6 Å². The predicted molar refractivity (Wildman–Crippen MR) is 77.7 cm³/mol. The van der Waals surface area contributed by atoms with Crippen LogP contribution in [-0.4, -0.2) is 20.7 Å². The molecule has 5 nitrogen and oxygen atoms in total. The highest BCUT2D eigenvalue weighted by Gasteiger charge is 2.14. The standard InChI is InChI=1S/C16H15N3O2/c1-10(2)19-15-13(9-17-19)12(16(20)21)8-14(18-15)11-6-4-3-5-7-11/h3-10H,1-2H3,(H,20,21)/p-1. The predicted octanol–water partition coefficient (Wildman–Crippen LogP) is 2.04. The highest BCUT2D eigenvalue weighted by molar-refractivity contribution is 6.01. The van der Waals surface area contributed by atoms with Crippen LogP contribution < -0.4 is 5.11 Å². The molecule has 0 saturated carbocycles. The topological polar surface area (TPSA) is 70.8 Å². The van der Waals surface area contributed by atoms with E-state index in [0.29, 0.717) is 16.7 Å². The Morgan fingerprint density at radius 3 is 2.57 bits per heavy atom. The first-order valence-corrected chi connectivity index (χ1v) is 6.73. The molecule has 2 heterocycles. The van der Waals surface area contributed by atoms with Crippen molar-refractivity contribution in [2.75, 3.05) is 0 Å². The molecule has 106 valence electrons. The van der Waals surface area contributed by atoms with Crippen molar-refractivity contribution in [1.82, 2.24) is 14.8 Å². The number of carbonyl (C=O) groups excluding carboxylic acids is 1. The van der Waals surface area contributed by atoms with Gasteiger partial charge < -0.3 is 9.90 Å². The minimum atomic E-state index is -1.22. The Morgan fingerprint density at radius 1 is 1.24 bits per heavy atom. The van der Waals surface area contributed by atoms with E-state index in [1.165, 1.54) is 6.20 Å². The molecular weight excluding hydrogens is 266 g/mol. The Kier molecular flexibility index (Phi) is 3.17. The summed E-state index contributed by atoms with van der Waals surface area (Å²) in [6.07, 6.45) is 1.53. The van der Waals surface area contributed by atoms with E-state index >= 15 is 0 Å². The largest absolute Gasteiger partial charge is 0.545 e. The van der Waals surface area contributed by atoms with E-state index in [4.69, 9.17) is 0 Å². The van der Waals surface area contributed by atoms with Crippen molar-refractivity contribution in [3.8, 4) is 11.3 Å². The van der Waals surface area contributed by atoms with Crippen LogP contribution in [0.2, 0.25) is 0 Å². The van der Waals surface area contributed by atoms with Crippen LogP contribution in [0.5, 0.6) is 0 Å². The third-order valence-electron chi connectivity index (χ3n) is 3.35. The minimum Gasteiger partial charge on any atom is -0.545 e. The molecule has 0 N–H and O–H groups in total. The van der Waals surface area contributed by atoms with Gasteiger partial charge in [0, 0.05) is 22.6 Å². The van der Waals surface area contributed by atoms with Crippen LogP contribution >= 0.6 is 0 Å². The van der Waals surface area contributed by atoms with Gasteiger partial charge in [-0.1, -0.05) is 30.3 Å². The summed E-state index contributed by atoms with van der Waals surface area (Å²) in [6, 6.07) is 11.1. The van der Waals surface area contributed by atoms with Crippen LogP contribution in [0.4, 0.5) is 0 Å². The lowest BCUT2D eigenvalue weighted by molar-refractivity contribution is -0.254. The highest BCUT2D eigenvalue weighted by atomic mass is 16.4. The number of aromatic carboxylic acids is 1. The van der Waals surface area contributed by atoms with Crippen molar-refractivity contribution in [3.05, 3.63) is 48.2 Å². The molecule has 0 spiro atoms. The first-order valence-electron chi connectivity index (χ1n) is 6.73. The number of aromatic nitrogens is 3. The molecule has 0 radical (unpaired) electrons. The number of carbonyl (C=O) groups is 1. The van der Waals surface area contributed by atoms with Crippen molar-refractivity contribution < 1.29 is 9.90 Å². The SMILES string of the molecule is CC(C)n1ncc2c(C(=O)[O-])cc(-c3ccccc3)nc21. The van der Waals surface area contributed by atoms with Gasteiger partial charge >= 0.3 is 0 Å². The number of hydrogen-bond acceptors (Lipinski definition) is 4. The average molecular weight is 280 g/mol. The van der Waals surface area contributed by atoms with Crippen LogP contribution in [0.3, 0.4) is 0 Å². The zero-order valence-electron chi connectivity index (χ0n) is 11.8. The van der Waals surface area contributed by atoms with Gasteiger partial charge in [-0.15, -0.1) is 0 Å². The van der Waals surface area contributed by atoms with Crippen LogP contribution in [0, 0.1) is 0 Å². The van der Waals surface area contributed by atoms with Gasteiger partial charge in [-0.2, -0.15) is 5.10 Å². The summed E-state index contributed by atoms with van der Waals surface area (Å²) >= 11 is 0. The average Bonchev–Trinajstić information content (AvgIpc) is 2.90. The molecule has 21 heavy (non-hydrogen) atoms. The molecule has 3 aromatic rings. The fourth-order valence-corrected chi connectivity index (χ4v) is 2.32. The number of carboxylic acids is 1. The summed E-state index contributed by atoms with van der Waals surface area (Å²) in [6.45, 7) is 3.95. The molecule has 0 atom stereocenters. The van der Waals surface area contributed by atoms with E-state index in [1.54, 1.807) is 10.7 Å². The lowest BCUT2D eigenvalue weighted by Crippen LogP contribution is -2.22. The van der Waals surface area contributed by atoms with Gasteiger partial charge in [-0.3, -0.25) is 0 Å². The molecule has 2 aromatic heterocycles. The normalized spacial score (nSPS) is 11.2. The lowest BCUT2D eigenvalue weighted by Gasteiger charge is -2.11. The Bertz CT molecular complexity index is 807. The maximum Gasteiger partial charge on any atom is 0.159 e. The summed E-state index contributed by atoms with van der Waals surface area (Å²) in [7, 11) is 0. The van der Waals surface area contributed by atoms with Crippen molar-refractivity contribution in [1.29, 1.82) is 0 Å². The van der Waals surface area contributed by atoms with Gasteiger partial charge in [0.1, 0.15) is 0 Å². The molecular formula is C16H14N3O2-. The zero-order chi connectivity index (χ0) is 15.0. The molecule has 5 heteroatoms. The number of fused-ring (bicyclic) bond motifs is 1. The number of pyridine rings is 1. The second-order valence-electron chi connectivity index (χ2n) is 5.13. The maximum absolute atomic E-state index is 11.4. The molecule has 0 unspecified atom stereocenters. The third-order valence-corrected chi connectivity index (χ3v) is 3.35. The lowest BCUT2D eigenvalue weighted by atomic mass is 10.1. The van der Waals surface area contributed by atoms with Crippen LogP contribution in [0.25, 0.3) is 22.3 Å². The summed E-state index contributed by atoms with van der Waals surface area (Å²) in [5.74, 6) is -1.22. The molecule has 0 aliphatic heterocycles. The molecule has 0 bridgehead atoms. The monoisotopic (exact) mass is 280 g/mol. The Balaban J connectivity index is 2.32. The minimum absolute atomic E-state index is 0.0932. The van der Waals surface area contributed by atoms with E-state index in [9.17, 15) is 9.90 Å². The second-order valence-corrected chi connectivity index (χ2v) is 5.13. The summed E-state index contributed by atoms with van der Waals surface area (Å²) < 4.78 is 1.72. The zero-order valence-corrected chi connectivity index (χ0v) is 11.8. The molecule has 0 saturated heterocycles. The third kappa shape index (κ3) is 2.27. The van der Waals surface area contributed by atoms with Crippen LogP contribution in [0.1, 0.15) is 30.2 Å². The summed E-state index contributed by atoms with van der Waals surface area (Å²) in [5, 5.41) is 16.1. The molecule has 0 amide bonds. The van der Waals surface area contributed by atoms with Crippen LogP contribution in [-0.2, 0) is 0 Å². The van der Waals surface area contributed by atoms with E-state index < -0.39 is 5.97 Å². The smallest absolute Gasteiger partial charge is 0.159 e. The molecule has 0 aliphatic rings. The van der Waals surface area contributed by atoms with Crippen molar-refractivity contribution >= 4 is 17.0 Å². The number of hydrogen-bond donors (Lipinski definition) is 0. The van der Waals surface area contributed by atoms with Gasteiger partial charge in [-0.05, 0) is 19.9 Å². The van der Waals surface area contributed by atoms with Gasteiger partial charge in [-0.25, -0.2) is 9.67 Å². The summed E-state index contributed by atoms with van der Waals surface area (Å²) in [4.78, 5) is 16.0. The quantitative estimate of drug-likeness (QED) is 0.736. The van der Waals surface area contributed by atoms with Gasteiger partial charge in [0.15, 0.2) is 5.65 Å². The van der Waals surface area contributed by atoms with E-state index in [1.807, 2.05) is 44.2 Å². The van der Waals surface area contributed by atoms with Crippen molar-refractivity contribution in [2.24, 2.45) is 0 Å². The molecule has 3 rings (SSSR count). The number of nitrogens with zero attached hydrogens (tertiary/aromatic N) is 3. The van der Waals surface area contributed by atoms with Gasteiger partial charge in [0.25, 0.3) is 0 Å². The number of rotatable bonds is 3. The van der Waals surface area contributed by atoms with Gasteiger partial charge in [0.05, 0.1) is 17.9 Å². The second kappa shape index (κ2) is 5.01. The maximum atomic E-state index is 11.4. The molecule has 0 fully saturated rings. The first kappa shape index (κ1) is 13.3. The molecule has 1 aromatic carbocycles. The Morgan fingerprint density at radius 2 is 1.95 bits per heavy atom. The molecule has 0 aliphatic carbocycles. The highest BCUT2D eigenvalue weighted by Crippen LogP contribution is 2.25. The number of benzene rings is 1.